The number of aliphatic carboxylic acids is 1. The first-order valence-corrected chi connectivity index (χ1v) is 7.34. The number of hydrogen-bond acceptors (Lipinski definition) is 3. The molecule has 1 fully saturated rings. The van der Waals surface area contributed by atoms with Crippen LogP contribution in [0.15, 0.2) is 12.1 Å². The fourth-order valence-corrected chi connectivity index (χ4v) is 3.22. The molecular weight excluding hydrogens is 256 g/mol. The summed E-state index contributed by atoms with van der Waals surface area (Å²) in [5.74, 6) is 0.797. The van der Waals surface area contributed by atoms with Gasteiger partial charge in [0.05, 0.1) is 18.6 Å². The average Bonchev–Trinajstić information content (AvgIpc) is 2.61. The van der Waals surface area contributed by atoms with Gasteiger partial charge in [-0.25, -0.2) is 0 Å². The van der Waals surface area contributed by atoms with Crippen LogP contribution in [-0.4, -0.2) is 24.3 Å². The van der Waals surface area contributed by atoms with Gasteiger partial charge in [0, 0.05) is 12.0 Å². The molecule has 0 saturated heterocycles. The van der Waals surface area contributed by atoms with Crippen molar-refractivity contribution in [3.63, 3.8) is 0 Å². The van der Waals surface area contributed by atoms with Crippen LogP contribution in [0.2, 0.25) is 0 Å². The van der Waals surface area contributed by atoms with E-state index in [1.165, 1.54) is 0 Å². The van der Waals surface area contributed by atoms with Gasteiger partial charge in [0.1, 0.15) is 0 Å². The van der Waals surface area contributed by atoms with Gasteiger partial charge in [-0.3, -0.25) is 4.79 Å². The lowest BCUT2D eigenvalue weighted by atomic mass is 9.63. The second-order valence-corrected chi connectivity index (χ2v) is 5.56. The Labute approximate surface area is 118 Å². The smallest absolute Gasteiger partial charge is 0.314 e. The molecule has 4 heteroatoms. The Morgan fingerprint density at radius 3 is 2.60 bits per heavy atom. The van der Waals surface area contributed by atoms with Crippen LogP contribution in [0, 0.1) is 0 Å². The maximum Gasteiger partial charge on any atom is 0.314 e. The molecule has 3 rings (SSSR count). The van der Waals surface area contributed by atoms with E-state index in [9.17, 15) is 9.90 Å². The summed E-state index contributed by atoms with van der Waals surface area (Å²) in [5, 5.41) is 9.64. The molecule has 2 aliphatic rings. The van der Waals surface area contributed by atoms with Gasteiger partial charge in [0.25, 0.3) is 0 Å². The highest BCUT2D eigenvalue weighted by Crippen LogP contribution is 2.49. The van der Waals surface area contributed by atoms with Gasteiger partial charge < -0.3 is 14.6 Å². The summed E-state index contributed by atoms with van der Waals surface area (Å²) < 4.78 is 11.5. The van der Waals surface area contributed by atoms with Gasteiger partial charge in [0.2, 0.25) is 0 Å². The first-order chi connectivity index (χ1) is 9.69. The minimum atomic E-state index is -0.715. The summed E-state index contributed by atoms with van der Waals surface area (Å²) in [6.07, 6.45) is 4.03. The molecule has 1 aromatic carbocycles. The van der Waals surface area contributed by atoms with Gasteiger partial charge in [-0.2, -0.15) is 0 Å². The lowest BCUT2D eigenvalue weighted by molar-refractivity contribution is -0.147. The number of fused-ring (bicyclic) bond motifs is 1. The van der Waals surface area contributed by atoms with Crippen molar-refractivity contribution >= 4 is 5.97 Å². The first kappa shape index (κ1) is 13.3. The van der Waals surface area contributed by atoms with Crippen LogP contribution in [0.3, 0.4) is 0 Å². The Morgan fingerprint density at radius 2 is 2.00 bits per heavy atom. The van der Waals surface area contributed by atoms with Gasteiger partial charge >= 0.3 is 5.97 Å². The van der Waals surface area contributed by atoms with E-state index in [2.05, 4.69) is 0 Å². The summed E-state index contributed by atoms with van der Waals surface area (Å²) in [5.41, 5.74) is 1.21. The van der Waals surface area contributed by atoms with E-state index >= 15 is 0 Å². The van der Waals surface area contributed by atoms with Crippen LogP contribution in [0.25, 0.3) is 0 Å². The summed E-state index contributed by atoms with van der Waals surface area (Å²) in [6.45, 7) is 3.32. The molecule has 0 radical (unpaired) electrons. The molecule has 0 bridgehead atoms. The second kappa shape index (κ2) is 5.00. The van der Waals surface area contributed by atoms with Crippen molar-refractivity contribution in [3.8, 4) is 11.5 Å². The molecule has 0 amide bonds. The van der Waals surface area contributed by atoms with Gasteiger partial charge in [0.15, 0.2) is 11.5 Å². The van der Waals surface area contributed by atoms with E-state index in [-0.39, 0.29) is 0 Å². The van der Waals surface area contributed by atoms with Crippen LogP contribution in [0.5, 0.6) is 11.5 Å². The van der Waals surface area contributed by atoms with Crippen molar-refractivity contribution in [1.29, 1.82) is 0 Å². The van der Waals surface area contributed by atoms with E-state index in [0.29, 0.717) is 13.2 Å². The van der Waals surface area contributed by atoms with Crippen molar-refractivity contribution < 1.29 is 19.4 Å². The lowest BCUT2D eigenvalue weighted by Crippen LogP contribution is -2.43. The number of ether oxygens (including phenoxy) is 2. The molecule has 108 valence electrons. The Bertz CT molecular complexity index is 532. The van der Waals surface area contributed by atoms with Crippen molar-refractivity contribution in [3.05, 3.63) is 23.3 Å². The zero-order valence-corrected chi connectivity index (χ0v) is 11.8. The van der Waals surface area contributed by atoms with Crippen molar-refractivity contribution in [2.24, 2.45) is 0 Å². The summed E-state index contributed by atoms with van der Waals surface area (Å²) in [4.78, 5) is 11.7. The lowest BCUT2D eigenvalue weighted by Gasteiger charge is -2.39. The SMILES string of the molecule is CCc1c(C2(C(=O)O)CCC2)ccc2c1OCCCO2. The minimum absolute atomic E-state index is 0.628. The van der Waals surface area contributed by atoms with E-state index in [1.54, 1.807) is 0 Å². The number of hydrogen-bond donors (Lipinski definition) is 1. The summed E-state index contributed by atoms with van der Waals surface area (Å²) in [7, 11) is 0. The molecular formula is C16H20O4. The highest BCUT2D eigenvalue weighted by Gasteiger charge is 2.47. The standard InChI is InChI=1S/C16H20O4/c1-2-11-12(16(15(17)18)7-3-8-16)5-6-13-14(11)20-10-4-9-19-13/h5-6H,2-4,7-10H2,1H3,(H,17,18). The van der Waals surface area contributed by atoms with Gasteiger partial charge in [-0.1, -0.05) is 19.4 Å². The monoisotopic (exact) mass is 276 g/mol. The predicted molar refractivity (Wildman–Crippen MR) is 74.6 cm³/mol. The molecule has 0 aromatic heterocycles. The van der Waals surface area contributed by atoms with E-state index in [1.807, 2.05) is 19.1 Å². The number of carboxylic acid groups (broad SMARTS) is 1. The highest BCUT2D eigenvalue weighted by molar-refractivity contribution is 5.83. The topological polar surface area (TPSA) is 55.8 Å². The van der Waals surface area contributed by atoms with Crippen molar-refractivity contribution in [2.45, 2.75) is 44.4 Å². The maximum absolute atomic E-state index is 11.7. The largest absolute Gasteiger partial charge is 0.490 e. The molecule has 1 aromatic rings. The number of rotatable bonds is 3. The third kappa shape index (κ3) is 1.86. The average molecular weight is 276 g/mol. The molecule has 1 heterocycles. The number of carboxylic acids is 1. The minimum Gasteiger partial charge on any atom is -0.490 e. The number of benzene rings is 1. The second-order valence-electron chi connectivity index (χ2n) is 5.56. The molecule has 1 N–H and O–H groups in total. The Balaban J connectivity index is 2.12. The van der Waals surface area contributed by atoms with Crippen molar-refractivity contribution in [2.75, 3.05) is 13.2 Å². The van der Waals surface area contributed by atoms with E-state index in [0.717, 1.165) is 54.7 Å². The predicted octanol–water partition coefficient (Wildman–Crippen LogP) is 2.92. The summed E-state index contributed by atoms with van der Waals surface area (Å²) in [6, 6.07) is 3.80. The third-order valence-corrected chi connectivity index (χ3v) is 4.50. The molecule has 4 nitrogen and oxygen atoms in total. The fraction of sp³-hybridized carbons (Fsp3) is 0.562. The maximum atomic E-state index is 11.7. The Kier molecular flexibility index (Phi) is 3.32. The van der Waals surface area contributed by atoms with Crippen LogP contribution >= 0.6 is 0 Å². The number of carbonyl (C=O) groups is 1. The van der Waals surface area contributed by atoms with Gasteiger partial charge in [-0.05, 0) is 30.9 Å². The molecule has 1 saturated carbocycles. The quantitative estimate of drug-likeness (QED) is 0.922. The fourth-order valence-electron chi connectivity index (χ4n) is 3.22. The first-order valence-electron chi connectivity index (χ1n) is 7.34. The van der Waals surface area contributed by atoms with E-state index in [4.69, 9.17) is 9.47 Å². The van der Waals surface area contributed by atoms with E-state index < -0.39 is 11.4 Å². The van der Waals surface area contributed by atoms with Crippen molar-refractivity contribution in [1.82, 2.24) is 0 Å². The third-order valence-electron chi connectivity index (χ3n) is 4.50. The molecule has 1 aliphatic carbocycles. The van der Waals surface area contributed by atoms with Crippen LogP contribution < -0.4 is 9.47 Å². The molecule has 0 unspecified atom stereocenters. The highest BCUT2D eigenvalue weighted by atomic mass is 16.5. The Morgan fingerprint density at radius 1 is 1.25 bits per heavy atom. The Hall–Kier alpha value is -1.71. The molecule has 0 spiro atoms. The zero-order chi connectivity index (χ0) is 14.2. The van der Waals surface area contributed by atoms with Crippen LogP contribution in [0.1, 0.15) is 43.7 Å². The van der Waals surface area contributed by atoms with Crippen LogP contribution in [-0.2, 0) is 16.6 Å². The molecule has 0 atom stereocenters. The summed E-state index contributed by atoms with van der Waals surface area (Å²) >= 11 is 0. The normalized spacial score (nSPS) is 19.9. The molecule has 1 aliphatic heterocycles. The zero-order valence-electron chi connectivity index (χ0n) is 11.8. The van der Waals surface area contributed by atoms with Crippen LogP contribution in [0.4, 0.5) is 0 Å². The van der Waals surface area contributed by atoms with Gasteiger partial charge in [-0.15, -0.1) is 0 Å². The molecule has 20 heavy (non-hydrogen) atoms.